The normalized spacial score (nSPS) is 10.0. The quantitative estimate of drug-likeness (QED) is 0.812. The predicted molar refractivity (Wildman–Crippen MR) is 85.7 cm³/mol. The summed E-state index contributed by atoms with van der Waals surface area (Å²) >= 11 is 3.35. The number of anilines is 2. The fourth-order valence-electron chi connectivity index (χ4n) is 1.72. The van der Waals surface area contributed by atoms with Gasteiger partial charge in [0.05, 0.1) is 12.8 Å². The van der Waals surface area contributed by atoms with E-state index in [0.717, 1.165) is 4.47 Å². The summed E-state index contributed by atoms with van der Waals surface area (Å²) in [5.74, 6) is 0.843. The van der Waals surface area contributed by atoms with Crippen molar-refractivity contribution >= 4 is 33.2 Å². The van der Waals surface area contributed by atoms with E-state index in [0.29, 0.717) is 22.9 Å². The first-order valence-corrected chi connectivity index (χ1v) is 6.99. The minimum Gasteiger partial charge on any atom is -0.495 e. The molecule has 0 fully saturated rings. The summed E-state index contributed by atoms with van der Waals surface area (Å²) in [6, 6.07) is 12.3. The molecule has 0 saturated heterocycles. The number of benzene rings is 2. The van der Waals surface area contributed by atoms with Crippen LogP contribution in [0.4, 0.5) is 11.4 Å². The molecule has 0 atom stereocenters. The average molecular weight is 351 g/mol. The van der Waals surface area contributed by atoms with Crippen LogP contribution < -0.4 is 20.5 Å². The molecule has 2 aromatic carbocycles. The molecule has 2 rings (SSSR count). The molecular weight excluding hydrogens is 336 g/mol. The minimum absolute atomic E-state index is 0.112. The minimum atomic E-state index is -0.283. The maximum atomic E-state index is 11.9. The van der Waals surface area contributed by atoms with Gasteiger partial charge in [-0.25, -0.2) is 0 Å². The summed E-state index contributed by atoms with van der Waals surface area (Å²) in [4.78, 5) is 11.9. The third kappa shape index (κ3) is 4.39. The van der Waals surface area contributed by atoms with Crippen LogP contribution in [0.15, 0.2) is 46.9 Å². The van der Waals surface area contributed by atoms with Crippen molar-refractivity contribution < 1.29 is 14.3 Å². The number of halogens is 1. The maximum absolute atomic E-state index is 11.9. The van der Waals surface area contributed by atoms with Gasteiger partial charge in [0, 0.05) is 16.2 Å². The van der Waals surface area contributed by atoms with E-state index in [-0.39, 0.29) is 12.5 Å². The predicted octanol–water partition coefficient (Wildman–Crippen LogP) is 3.06. The number of carbonyl (C=O) groups is 1. The van der Waals surface area contributed by atoms with Crippen molar-refractivity contribution in [1.29, 1.82) is 0 Å². The molecule has 6 heteroatoms. The molecule has 0 bridgehead atoms. The second-order valence-electron chi connectivity index (χ2n) is 4.25. The van der Waals surface area contributed by atoms with Gasteiger partial charge in [0.15, 0.2) is 6.61 Å². The maximum Gasteiger partial charge on any atom is 0.262 e. The number of hydrogen-bond acceptors (Lipinski definition) is 4. The van der Waals surface area contributed by atoms with E-state index in [1.807, 2.05) is 6.07 Å². The Balaban J connectivity index is 1.97. The molecule has 0 aromatic heterocycles. The molecule has 0 unspecified atom stereocenters. The van der Waals surface area contributed by atoms with Gasteiger partial charge in [0.2, 0.25) is 0 Å². The molecule has 0 aliphatic heterocycles. The number of methoxy groups -OCH3 is 1. The van der Waals surface area contributed by atoms with Crippen LogP contribution in [0.1, 0.15) is 0 Å². The average Bonchev–Trinajstić information content (AvgIpc) is 2.45. The van der Waals surface area contributed by atoms with Crippen molar-refractivity contribution in [2.45, 2.75) is 0 Å². The van der Waals surface area contributed by atoms with Gasteiger partial charge in [-0.15, -0.1) is 0 Å². The molecule has 21 heavy (non-hydrogen) atoms. The standard InChI is InChI=1S/C15H15BrN2O3/c1-20-14-6-5-10(16)7-13(14)18-15(19)9-21-12-4-2-3-11(17)8-12/h2-8H,9,17H2,1H3,(H,18,19). The lowest BCUT2D eigenvalue weighted by Crippen LogP contribution is -2.20. The fourth-order valence-corrected chi connectivity index (χ4v) is 2.08. The van der Waals surface area contributed by atoms with Gasteiger partial charge in [-0.3, -0.25) is 4.79 Å². The van der Waals surface area contributed by atoms with E-state index in [9.17, 15) is 4.79 Å². The summed E-state index contributed by atoms with van der Waals surface area (Å²) < 4.78 is 11.4. The first-order chi connectivity index (χ1) is 10.1. The number of hydrogen-bond donors (Lipinski definition) is 2. The van der Waals surface area contributed by atoms with Crippen LogP contribution in [0.3, 0.4) is 0 Å². The zero-order valence-electron chi connectivity index (χ0n) is 11.4. The van der Waals surface area contributed by atoms with Gasteiger partial charge >= 0.3 is 0 Å². The molecule has 0 radical (unpaired) electrons. The van der Waals surface area contributed by atoms with E-state index in [1.165, 1.54) is 0 Å². The zero-order valence-corrected chi connectivity index (χ0v) is 13.0. The molecule has 3 N–H and O–H groups in total. The van der Waals surface area contributed by atoms with Crippen molar-refractivity contribution in [3.63, 3.8) is 0 Å². The molecule has 0 aliphatic rings. The van der Waals surface area contributed by atoms with Crippen molar-refractivity contribution in [3.05, 3.63) is 46.9 Å². The largest absolute Gasteiger partial charge is 0.495 e. The molecule has 0 aliphatic carbocycles. The fraction of sp³-hybridized carbons (Fsp3) is 0.133. The number of nitrogen functional groups attached to an aromatic ring is 1. The summed E-state index contributed by atoms with van der Waals surface area (Å²) in [7, 11) is 1.54. The molecule has 0 heterocycles. The van der Waals surface area contributed by atoms with Crippen molar-refractivity contribution in [2.24, 2.45) is 0 Å². The van der Waals surface area contributed by atoms with Crippen LogP contribution >= 0.6 is 15.9 Å². The lowest BCUT2D eigenvalue weighted by molar-refractivity contribution is -0.118. The van der Waals surface area contributed by atoms with Crippen LogP contribution in [0, 0.1) is 0 Å². The zero-order chi connectivity index (χ0) is 15.2. The highest BCUT2D eigenvalue weighted by Crippen LogP contribution is 2.27. The molecule has 1 amide bonds. The Kier molecular flexibility index (Phi) is 5.05. The highest BCUT2D eigenvalue weighted by Gasteiger charge is 2.09. The third-order valence-corrected chi connectivity index (χ3v) is 3.16. The van der Waals surface area contributed by atoms with E-state index < -0.39 is 0 Å². The van der Waals surface area contributed by atoms with Crippen molar-refractivity contribution in [3.8, 4) is 11.5 Å². The summed E-state index contributed by atoms with van der Waals surface area (Å²) in [6.45, 7) is -0.112. The van der Waals surface area contributed by atoms with E-state index >= 15 is 0 Å². The van der Waals surface area contributed by atoms with Gasteiger partial charge in [-0.2, -0.15) is 0 Å². The number of rotatable bonds is 5. The molecule has 0 saturated carbocycles. The highest BCUT2D eigenvalue weighted by molar-refractivity contribution is 9.10. The smallest absolute Gasteiger partial charge is 0.262 e. The summed E-state index contributed by atoms with van der Waals surface area (Å²) in [5, 5.41) is 2.74. The number of nitrogens with two attached hydrogens (primary N) is 1. The molecule has 0 spiro atoms. The first kappa shape index (κ1) is 15.2. The van der Waals surface area contributed by atoms with Gasteiger partial charge in [-0.1, -0.05) is 22.0 Å². The van der Waals surface area contributed by atoms with Crippen LogP contribution in [-0.2, 0) is 4.79 Å². The van der Waals surface area contributed by atoms with Gasteiger partial charge < -0.3 is 20.5 Å². The van der Waals surface area contributed by atoms with Crippen LogP contribution in [0.2, 0.25) is 0 Å². The number of ether oxygens (including phenoxy) is 2. The highest BCUT2D eigenvalue weighted by atomic mass is 79.9. The molecule has 5 nitrogen and oxygen atoms in total. The lowest BCUT2D eigenvalue weighted by atomic mass is 10.3. The van der Waals surface area contributed by atoms with E-state index in [1.54, 1.807) is 43.5 Å². The van der Waals surface area contributed by atoms with E-state index in [2.05, 4.69) is 21.2 Å². The Bertz CT molecular complexity index is 647. The second kappa shape index (κ2) is 6.99. The van der Waals surface area contributed by atoms with Gasteiger partial charge in [-0.05, 0) is 30.3 Å². The SMILES string of the molecule is COc1ccc(Br)cc1NC(=O)COc1cccc(N)c1. The number of nitrogens with one attached hydrogen (secondary N) is 1. The Morgan fingerprint density at radius 1 is 1.29 bits per heavy atom. The van der Waals surface area contributed by atoms with Crippen molar-refractivity contribution in [1.82, 2.24) is 0 Å². The van der Waals surface area contributed by atoms with Crippen molar-refractivity contribution in [2.75, 3.05) is 24.8 Å². The van der Waals surface area contributed by atoms with Gasteiger partial charge in [0.1, 0.15) is 11.5 Å². The Labute approximate surface area is 131 Å². The lowest BCUT2D eigenvalue weighted by Gasteiger charge is -2.11. The number of carbonyl (C=O) groups excluding carboxylic acids is 1. The van der Waals surface area contributed by atoms with Gasteiger partial charge in [0.25, 0.3) is 5.91 Å². The Hall–Kier alpha value is -2.21. The molecule has 2 aromatic rings. The van der Waals surface area contributed by atoms with E-state index in [4.69, 9.17) is 15.2 Å². The Morgan fingerprint density at radius 2 is 2.10 bits per heavy atom. The second-order valence-corrected chi connectivity index (χ2v) is 5.17. The number of amides is 1. The summed E-state index contributed by atoms with van der Waals surface area (Å²) in [6.07, 6.45) is 0. The third-order valence-electron chi connectivity index (χ3n) is 2.66. The molecular formula is C15H15BrN2O3. The van der Waals surface area contributed by atoms with Crippen LogP contribution in [0.25, 0.3) is 0 Å². The van der Waals surface area contributed by atoms with Crippen LogP contribution in [0.5, 0.6) is 11.5 Å². The topological polar surface area (TPSA) is 73.6 Å². The Morgan fingerprint density at radius 3 is 2.81 bits per heavy atom. The van der Waals surface area contributed by atoms with Crippen LogP contribution in [-0.4, -0.2) is 19.6 Å². The molecule has 110 valence electrons. The monoisotopic (exact) mass is 350 g/mol. The summed E-state index contributed by atoms with van der Waals surface area (Å²) in [5.41, 5.74) is 6.80. The first-order valence-electron chi connectivity index (χ1n) is 6.20.